The van der Waals surface area contributed by atoms with E-state index in [1.165, 1.54) is 4.88 Å². The minimum absolute atomic E-state index is 0.451. The van der Waals surface area contributed by atoms with Gasteiger partial charge in [-0.15, -0.1) is 22.7 Å². The molecule has 4 heterocycles. The largest absolute Gasteiger partial charge is 0.388 e. The lowest BCUT2D eigenvalue weighted by molar-refractivity contribution is 0.0331. The molecule has 8 heteroatoms. The zero-order chi connectivity index (χ0) is 19.6. The van der Waals surface area contributed by atoms with E-state index in [0.717, 1.165) is 53.7 Å². The molecular formula is C20H26N4O2S2. The molecule has 1 aliphatic heterocycles. The molecule has 0 amide bonds. The monoisotopic (exact) mass is 418 g/mol. The van der Waals surface area contributed by atoms with Gasteiger partial charge in [-0.1, -0.05) is 13.0 Å². The van der Waals surface area contributed by atoms with Gasteiger partial charge in [0, 0.05) is 35.5 Å². The highest BCUT2D eigenvalue weighted by Gasteiger charge is 2.21. The van der Waals surface area contributed by atoms with E-state index in [1.54, 1.807) is 22.7 Å². The van der Waals surface area contributed by atoms with E-state index in [4.69, 9.17) is 14.7 Å². The first-order valence-corrected chi connectivity index (χ1v) is 11.4. The highest BCUT2D eigenvalue weighted by atomic mass is 32.1. The van der Waals surface area contributed by atoms with Gasteiger partial charge >= 0.3 is 0 Å². The summed E-state index contributed by atoms with van der Waals surface area (Å²) >= 11 is 3.37. The number of nitrogens with zero attached hydrogens (tertiary/aromatic N) is 3. The Balaban J connectivity index is 1.70. The smallest absolute Gasteiger partial charge is 0.146 e. The quantitative estimate of drug-likeness (QED) is 0.608. The molecule has 0 saturated carbocycles. The fourth-order valence-corrected chi connectivity index (χ4v) is 4.94. The summed E-state index contributed by atoms with van der Waals surface area (Å²) in [6.07, 6.45) is 0.677. The summed E-state index contributed by atoms with van der Waals surface area (Å²) in [5, 5.41) is 19.2. The van der Waals surface area contributed by atoms with E-state index < -0.39 is 5.60 Å². The van der Waals surface area contributed by atoms with Gasteiger partial charge in [-0.05, 0) is 24.8 Å². The molecule has 0 bridgehead atoms. The second kappa shape index (κ2) is 8.42. The molecule has 28 heavy (non-hydrogen) atoms. The van der Waals surface area contributed by atoms with Crippen molar-refractivity contribution in [1.82, 2.24) is 14.9 Å². The third-order valence-corrected chi connectivity index (χ3v) is 6.91. The van der Waals surface area contributed by atoms with E-state index in [1.807, 2.05) is 13.8 Å². The van der Waals surface area contributed by atoms with Gasteiger partial charge in [-0.25, -0.2) is 9.97 Å². The number of morpholine rings is 1. The maximum atomic E-state index is 10.5. The topological polar surface area (TPSA) is 70.5 Å². The van der Waals surface area contributed by atoms with Crippen LogP contribution in [0.2, 0.25) is 0 Å². The summed E-state index contributed by atoms with van der Waals surface area (Å²) in [6, 6.07) is 4.19. The lowest BCUT2D eigenvalue weighted by Crippen LogP contribution is -2.36. The predicted octanol–water partition coefficient (Wildman–Crippen LogP) is 3.82. The fraction of sp³-hybridized carbons (Fsp3) is 0.500. The van der Waals surface area contributed by atoms with Crippen molar-refractivity contribution in [3.8, 4) is 10.4 Å². The van der Waals surface area contributed by atoms with Crippen LogP contribution in [0.5, 0.6) is 0 Å². The number of anilines is 1. The summed E-state index contributed by atoms with van der Waals surface area (Å²) in [4.78, 5) is 14.2. The summed E-state index contributed by atoms with van der Waals surface area (Å²) in [7, 11) is 0. The summed E-state index contributed by atoms with van der Waals surface area (Å²) in [6.45, 7) is 8.32. The van der Waals surface area contributed by atoms with Crippen LogP contribution in [-0.4, -0.2) is 58.4 Å². The van der Waals surface area contributed by atoms with E-state index >= 15 is 0 Å². The SMILES string of the molecule is CCC(C)(O)CNc1nc(CN2CCOCC2)nc2scc(-c3cccs3)c12. The van der Waals surface area contributed by atoms with E-state index in [0.29, 0.717) is 19.5 Å². The van der Waals surface area contributed by atoms with Crippen LogP contribution in [0.4, 0.5) is 5.82 Å². The van der Waals surface area contributed by atoms with Gasteiger partial charge in [-0.2, -0.15) is 0 Å². The van der Waals surface area contributed by atoms with Crippen LogP contribution >= 0.6 is 22.7 Å². The zero-order valence-corrected chi connectivity index (χ0v) is 17.9. The van der Waals surface area contributed by atoms with Crippen molar-refractivity contribution in [2.24, 2.45) is 0 Å². The number of ether oxygens (including phenoxy) is 1. The van der Waals surface area contributed by atoms with Crippen molar-refractivity contribution in [2.75, 3.05) is 38.2 Å². The van der Waals surface area contributed by atoms with E-state index in [2.05, 4.69) is 33.1 Å². The van der Waals surface area contributed by atoms with Crippen molar-refractivity contribution in [2.45, 2.75) is 32.4 Å². The minimum atomic E-state index is -0.777. The van der Waals surface area contributed by atoms with Gasteiger partial charge in [0.1, 0.15) is 16.5 Å². The standard InChI is InChI=1S/C20H26N4O2S2/c1-3-20(2,25)13-21-18-17-14(15-5-4-10-27-15)12-28-19(17)23-16(22-18)11-24-6-8-26-9-7-24/h4-5,10,12,25H,3,6-9,11,13H2,1-2H3,(H,21,22,23). The van der Waals surface area contributed by atoms with Crippen molar-refractivity contribution < 1.29 is 9.84 Å². The van der Waals surface area contributed by atoms with Crippen LogP contribution in [0.25, 0.3) is 20.7 Å². The van der Waals surface area contributed by atoms with Gasteiger partial charge < -0.3 is 15.2 Å². The van der Waals surface area contributed by atoms with Crippen LogP contribution < -0.4 is 5.32 Å². The first kappa shape index (κ1) is 19.7. The van der Waals surface area contributed by atoms with E-state index in [-0.39, 0.29) is 0 Å². The number of aliphatic hydroxyl groups is 1. The lowest BCUT2D eigenvalue weighted by atomic mass is 10.0. The third kappa shape index (κ3) is 4.36. The normalized spacial score (nSPS) is 17.7. The minimum Gasteiger partial charge on any atom is -0.388 e. The molecule has 1 saturated heterocycles. The molecule has 150 valence electrons. The van der Waals surface area contributed by atoms with Crippen LogP contribution in [-0.2, 0) is 11.3 Å². The highest BCUT2D eigenvalue weighted by molar-refractivity contribution is 7.18. The second-order valence-corrected chi connectivity index (χ2v) is 9.19. The molecule has 0 aromatic carbocycles. The molecule has 1 atom stereocenters. The molecule has 0 aliphatic carbocycles. The number of hydrogen-bond acceptors (Lipinski definition) is 8. The zero-order valence-electron chi connectivity index (χ0n) is 16.3. The van der Waals surface area contributed by atoms with Crippen LogP contribution in [0.1, 0.15) is 26.1 Å². The Hall–Kier alpha value is -1.58. The van der Waals surface area contributed by atoms with E-state index in [9.17, 15) is 5.11 Å². The second-order valence-electron chi connectivity index (χ2n) is 7.39. The maximum absolute atomic E-state index is 10.5. The highest BCUT2D eigenvalue weighted by Crippen LogP contribution is 2.39. The Morgan fingerprint density at radius 1 is 1.29 bits per heavy atom. The Morgan fingerprint density at radius 2 is 2.11 bits per heavy atom. The predicted molar refractivity (Wildman–Crippen MR) is 116 cm³/mol. The average Bonchev–Trinajstić information content (AvgIpc) is 3.36. The number of rotatable bonds is 7. The van der Waals surface area contributed by atoms with Gasteiger partial charge in [0.2, 0.25) is 0 Å². The Labute approximate surface area is 173 Å². The van der Waals surface area contributed by atoms with Crippen molar-refractivity contribution >= 4 is 38.7 Å². The number of nitrogens with one attached hydrogen (secondary N) is 1. The Morgan fingerprint density at radius 3 is 2.82 bits per heavy atom. The number of aromatic nitrogens is 2. The Bertz CT molecular complexity index is 918. The molecule has 3 aromatic rings. The lowest BCUT2D eigenvalue weighted by Gasteiger charge is -2.26. The molecule has 0 spiro atoms. The molecule has 1 unspecified atom stereocenters. The van der Waals surface area contributed by atoms with Crippen molar-refractivity contribution in [1.29, 1.82) is 0 Å². The summed E-state index contributed by atoms with van der Waals surface area (Å²) in [5.74, 6) is 1.62. The molecular weight excluding hydrogens is 392 g/mol. The molecule has 2 N–H and O–H groups in total. The fourth-order valence-electron chi connectivity index (χ4n) is 3.16. The molecule has 3 aromatic heterocycles. The first-order chi connectivity index (χ1) is 13.6. The van der Waals surface area contributed by atoms with Crippen LogP contribution in [0.15, 0.2) is 22.9 Å². The van der Waals surface area contributed by atoms with Crippen LogP contribution in [0.3, 0.4) is 0 Å². The summed E-state index contributed by atoms with van der Waals surface area (Å²) < 4.78 is 5.45. The maximum Gasteiger partial charge on any atom is 0.146 e. The van der Waals surface area contributed by atoms with Crippen LogP contribution in [0, 0.1) is 0 Å². The molecule has 1 fully saturated rings. The van der Waals surface area contributed by atoms with Crippen molar-refractivity contribution in [3.05, 3.63) is 28.7 Å². The first-order valence-electron chi connectivity index (χ1n) is 9.64. The molecule has 4 rings (SSSR count). The summed E-state index contributed by atoms with van der Waals surface area (Å²) in [5.41, 5.74) is 0.382. The van der Waals surface area contributed by atoms with Gasteiger partial charge in [0.05, 0.1) is 30.7 Å². The average molecular weight is 419 g/mol. The van der Waals surface area contributed by atoms with Crippen molar-refractivity contribution in [3.63, 3.8) is 0 Å². The Kier molecular flexibility index (Phi) is 5.93. The van der Waals surface area contributed by atoms with Gasteiger partial charge in [-0.3, -0.25) is 4.90 Å². The third-order valence-electron chi connectivity index (χ3n) is 5.13. The van der Waals surface area contributed by atoms with Gasteiger partial charge in [0.25, 0.3) is 0 Å². The number of thiophene rings is 2. The molecule has 1 aliphatic rings. The number of hydrogen-bond donors (Lipinski definition) is 2. The molecule has 0 radical (unpaired) electrons. The molecule has 6 nitrogen and oxygen atoms in total. The van der Waals surface area contributed by atoms with Gasteiger partial charge in [0.15, 0.2) is 0 Å². The number of fused-ring (bicyclic) bond motifs is 1.